The molecule has 2 aromatic rings. The van der Waals surface area contributed by atoms with Crippen LogP contribution < -0.4 is 0 Å². The molecule has 0 radical (unpaired) electrons. The zero-order chi connectivity index (χ0) is 15.0. The Kier molecular flexibility index (Phi) is 3.22. The van der Waals surface area contributed by atoms with E-state index in [4.69, 9.17) is 5.11 Å². The van der Waals surface area contributed by atoms with E-state index in [1.54, 1.807) is 11.9 Å². The summed E-state index contributed by atoms with van der Waals surface area (Å²) in [5.74, 6) is -0.787. The molecule has 0 saturated carbocycles. The normalized spacial score (nSPS) is 13.4. The highest BCUT2D eigenvalue weighted by atomic mass is 16.4. The Morgan fingerprint density at radius 3 is 2.71 bits per heavy atom. The van der Waals surface area contributed by atoms with Gasteiger partial charge in [-0.05, 0) is 34.4 Å². The third kappa shape index (κ3) is 2.52. The smallest absolute Gasteiger partial charge is 0.307 e. The van der Waals surface area contributed by atoms with Crippen molar-refractivity contribution in [2.75, 3.05) is 7.05 Å². The molecule has 0 atom stereocenters. The van der Waals surface area contributed by atoms with Crippen molar-refractivity contribution in [2.45, 2.75) is 13.0 Å². The molecule has 106 valence electrons. The molecule has 1 heterocycles. The average molecular weight is 281 g/mol. The monoisotopic (exact) mass is 281 g/mol. The summed E-state index contributed by atoms with van der Waals surface area (Å²) in [6.07, 6.45) is 0.0139. The van der Waals surface area contributed by atoms with E-state index in [1.807, 2.05) is 42.5 Å². The van der Waals surface area contributed by atoms with E-state index in [1.165, 1.54) is 0 Å². The number of carboxylic acids is 1. The SMILES string of the molecule is CN1Cc2cc(-c3cccc(CC(=O)O)c3)ccc2C1=O. The van der Waals surface area contributed by atoms with E-state index < -0.39 is 5.97 Å². The lowest BCUT2D eigenvalue weighted by atomic mass is 9.98. The van der Waals surface area contributed by atoms with Crippen LogP contribution in [0.2, 0.25) is 0 Å². The minimum atomic E-state index is -0.840. The quantitative estimate of drug-likeness (QED) is 0.940. The third-order valence-corrected chi connectivity index (χ3v) is 3.71. The second-order valence-corrected chi connectivity index (χ2v) is 5.30. The van der Waals surface area contributed by atoms with Crippen LogP contribution in [-0.4, -0.2) is 28.9 Å². The molecule has 1 amide bonds. The molecule has 0 saturated heterocycles. The number of nitrogens with zero attached hydrogens (tertiary/aromatic N) is 1. The van der Waals surface area contributed by atoms with E-state index in [9.17, 15) is 9.59 Å². The second kappa shape index (κ2) is 5.05. The third-order valence-electron chi connectivity index (χ3n) is 3.71. The summed E-state index contributed by atoms with van der Waals surface area (Å²) in [5, 5.41) is 8.87. The van der Waals surface area contributed by atoms with Crippen molar-refractivity contribution < 1.29 is 14.7 Å². The first-order chi connectivity index (χ1) is 10.0. The minimum absolute atomic E-state index is 0.0139. The van der Waals surface area contributed by atoms with E-state index in [-0.39, 0.29) is 12.3 Å². The van der Waals surface area contributed by atoms with Crippen molar-refractivity contribution in [3.63, 3.8) is 0 Å². The maximum absolute atomic E-state index is 11.9. The number of fused-ring (bicyclic) bond motifs is 1. The van der Waals surface area contributed by atoms with Crippen LogP contribution in [0, 0.1) is 0 Å². The highest BCUT2D eigenvalue weighted by Gasteiger charge is 2.24. The summed E-state index contributed by atoms with van der Waals surface area (Å²) < 4.78 is 0. The molecule has 0 unspecified atom stereocenters. The van der Waals surface area contributed by atoms with Crippen molar-refractivity contribution in [2.24, 2.45) is 0 Å². The summed E-state index contributed by atoms with van der Waals surface area (Å²) in [7, 11) is 1.79. The van der Waals surface area contributed by atoms with Gasteiger partial charge in [0, 0.05) is 19.2 Å². The number of hydrogen-bond acceptors (Lipinski definition) is 2. The van der Waals surface area contributed by atoms with E-state index in [0.29, 0.717) is 6.54 Å². The van der Waals surface area contributed by atoms with Gasteiger partial charge in [0.2, 0.25) is 0 Å². The lowest BCUT2D eigenvalue weighted by Crippen LogP contribution is -2.17. The summed E-state index contributed by atoms with van der Waals surface area (Å²) in [6, 6.07) is 13.3. The predicted molar refractivity (Wildman–Crippen MR) is 79.0 cm³/mol. The number of carbonyl (C=O) groups is 2. The fourth-order valence-corrected chi connectivity index (χ4v) is 2.68. The maximum Gasteiger partial charge on any atom is 0.307 e. The van der Waals surface area contributed by atoms with Crippen LogP contribution in [0.25, 0.3) is 11.1 Å². The molecule has 0 fully saturated rings. The maximum atomic E-state index is 11.9. The molecule has 2 aromatic carbocycles. The topological polar surface area (TPSA) is 57.6 Å². The van der Waals surface area contributed by atoms with Crippen LogP contribution in [0.1, 0.15) is 21.5 Å². The van der Waals surface area contributed by atoms with Crippen LogP contribution in [0.3, 0.4) is 0 Å². The van der Waals surface area contributed by atoms with Gasteiger partial charge in [0.05, 0.1) is 6.42 Å². The highest BCUT2D eigenvalue weighted by molar-refractivity contribution is 5.98. The van der Waals surface area contributed by atoms with Gasteiger partial charge in [-0.15, -0.1) is 0 Å². The molecule has 0 bridgehead atoms. The summed E-state index contributed by atoms with van der Waals surface area (Å²) in [6.45, 7) is 0.622. The zero-order valence-electron chi connectivity index (χ0n) is 11.7. The standard InChI is InChI=1S/C17H15NO3/c1-18-10-14-9-13(5-6-15(14)17(18)21)12-4-2-3-11(7-12)8-16(19)20/h2-7,9H,8,10H2,1H3,(H,19,20). The van der Waals surface area contributed by atoms with E-state index >= 15 is 0 Å². The Bertz CT molecular complexity index is 737. The number of amides is 1. The first kappa shape index (κ1) is 13.4. The molecule has 1 N–H and O–H groups in total. The van der Waals surface area contributed by atoms with Crippen molar-refractivity contribution >= 4 is 11.9 Å². The molecule has 4 nitrogen and oxygen atoms in total. The van der Waals surface area contributed by atoms with Crippen molar-refractivity contribution in [3.8, 4) is 11.1 Å². The first-order valence-corrected chi connectivity index (χ1v) is 6.74. The van der Waals surface area contributed by atoms with Crippen molar-refractivity contribution in [3.05, 3.63) is 59.2 Å². The van der Waals surface area contributed by atoms with Crippen molar-refractivity contribution in [1.29, 1.82) is 0 Å². The lowest BCUT2D eigenvalue weighted by Gasteiger charge is -2.06. The van der Waals surface area contributed by atoms with Crippen molar-refractivity contribution in [1.82, 2.24) is 4.90 Å². The van der Waals surface area contributed by atoms with Crippen LogP contribution >= 0.6 is 0 Å². The van der Waals surface area contributed by atoms with Gasteiger partial charge in [-0.1, -0.05) is 30.3 Å². The molecule has 21 heavy (non-hydrogen) atoms. The molecule has 3 rings (SSSR count). The first-order valence-electron chi connectivity index (χ1n) is 6.74. The van der Waals surface area contributed by atoms with Crippen LogP contribution in [0.15, 0.2) is 42.5 Å². The van der Waals surface area contributed by atoms with Gasteiger partial charge in [-0.25, -0.2) is 0 Å². The Morgan fingerprint density at radius 1 is 1.19 bits per heavy atom. The van der Waals surface area contributed by atoms with Gasteiger partial charge >= 0.3 is 5.97 Å². The molecule has 1 aliphatic rings. The number of carbonyl (C=O) groups excluding carboxylic acids is 1. The number of carboxylic acid groups (broad SMARTS) is 1. The van der Waals surface area contributed by atoms with Gasteiger partial charge in [0.15, 0.2) is 0 Å². The summed E-state index contributed by atoms with van der Waals surface area (Å²) in [4.78, 5) is 24.4. The Balaban J connectivity index is 1.97. The Morgan fingerprint density at radius 2 is 1.95 bits per heavy atom. The van der Waals surface area contributed by atoms with Gasteiger partial charge in [0.25, 0.3) is 5.91 Å². The summed E-state index contributed by atoms with van der Waals surface area (Å²) in [5.41, 5.74) is 4.52. The molecule has 0 aliphatic carbocycles. The minimum Gasteiger partial charge on any atom is -0.481 e. The molecular formula is C17H15NO3. The molecule has 0 aromatic heterocycles. The van der Waals surface area contributed by atoms with Gasteiger partial charge in [-0.2, -0.15) is 0 Å². The zero-order valence-corrected chi connectivity index (χ0v) is 11.7. The fraction of sp³-hybridized carbons (Fsp3) is 0.176. The van der Waals surface area contributed by atoms with Crippen LogP contribution in [0.4, 0.5) is 0 Å². The molecule has 1 aliphatic heterocycles. The lowest BCUT2D eigenvalue weighted by molar-refractivity contribution is -0.136. The fourth-order valence-electron chi connectivity index (χ4n) is 2.68. The molecule has 0 spiro atoms. The highest BCUT2D eigenvalue weighted by Crippen LogP contribution is 2.28. The van der Waals surface area contributed by atoms with Gasteiger partial charge in [0.1, 0.15) is 0 Å². The van der Waals surface area contributed by atoms with Crippen LogP contribution in [0.5, 0.6) is 0 Å². The number of hydrogen-bond donors (Lipinski definition) is 1. The number of aliphatic carboxylic acids is 1. The molecular weight excluding hydrogens is 266 g/mol. The number of rotatable bonds is 3. The Labute approximate surface area is 122 Å². The predicted octanol–water partition coefficient (Wildman–Crippen LogP) is 2.57. The summed E-state index contributed by atoms with van der Waals surface area (Å²) >= 11 is 0. The van der Waals surface area contributed by atoms with E-state index in [2.05, 4.69) is 0 Å². The Hall–Kier alpha value is -2.62. The van der Waals surface area contributed by atoms with Gasteiger partial charge < -0.3 is 10.0 Å². The van der Waals surface area contributed by atoms with E-state index in [0.717, 1.165) is 27.8 Å². The molecule has 4 heteroatoms. The largest absolute Gasteiger partial charge is 0.481 e. The van der Waals surface area contributed by atoms with Gasteiger partial charge in [-0.3, -0.25) is 9.59 Å². The van der Waals surface area contributed by atoms with Crippen LogP contribution in [-0.2, 0) is 17.8 Å². The number of benzene rings is 2. The second-order valence-electron chi connectivity index (χ2n) is 5.30. The average Bonchev–Trinajstić information content (AvgIpc) is 2.73.